The first kappa shape index (κ1) is 15.1. The number of hydrogen-bond acceptors (Lipinski definition) is 3. The predicted molar refractivity (Wildman–Crippen MR) is 82.8 cm³/mol. The van der Waals surface area contributed by atoms with Gasteiger partial charge in [0.2, 0.25) is 0 Å². The summed E-state index contributed by atoms with van der Waals surface area (Å²) in [6.07, 6.45) is 3.20. The standard InChI is InChI=1S/C15H22ClN3O/c1-15(2)6-3-8-19(9-7-15)14(20)12-10-11(16)4-5-13(12)18-17/h4-5,10,18H,3,6-9,17H2,1-2H3. The number of halogens is 1. The number of nitrogens with one attached hydrogen (secondary N) is 1. The molecular formula is C15H22ClN3O. The Kier molecular flexibility index (Phi) is 4.55. The molecule has 20 heavy (non-hydrogen) atoms. The molecule has 1 aliphatic heterocycles. The minimum absolute atomic E-state index is 0.00171. The molecule has 1 aromatic rings. The van der Waals surface area contributed by atoms with Gasteiger partial charge in [-0.3, -0.25) is 10.6 Å². The van der Waals surface area contributed by atoms with Crippen LogP contribution in [0.15, 0.2) is 18.2 Å². The summed E-state index contributed by atoms with van der Waals surface area (Å²) in [5.41, 5.74) is 4.03. The number of rotatable bonds is 2. The molecule has 0 aliphatic carbocycles. The van der Waals surface area contributed by atoms with Crippen molar-refractivity contribution in [2.24, 2.45) is 11.3 Å². The molecule has 2 rings (SSSR count). The first-order valence-corrected chi connectivity index (χ1v) is 7.36. The van der Waals surface area contributed by atoms with Gasteiger partial charge in [-0.1, -0.05) is 25.4 Å². The highest BCUT2D eigenvalue weighted by Gasteiger charge is 2.26. The number of nitrogen functional groups attached to an aromatic ring is 1. The van der Waals surface area contributed by atoms with Gasteiger partial charge in [0.15, 0.2) is 0 Å². The molecule has 0 radical (unpaired) electrons. The van der Waals surface area contributed by atoms with Gasteiger partial charge in [-0.05, 0) is 42.9 Å². The van der Waals surface area contributed by atoms with E-state index >= 15 is 0 Å². The van der Waals surface area contributed by atoms with Crippen LogP contribution in [0.3, 0.4) is 0 Å². The summed E-state index contributed by atoms with van der Waals surface area (Å²) in [4.78, 5) is 14.6. The predicted octanol–water partition coefficient (Wildman–Crippen LogP) is 3.28. The maximum atomic E-state index is 12.7. The van der Waals surface area contributed by atoms with Crippen molar-refractivity contribution < 1.29 is 4.79 Å². The van der Waals surface area contributed by atoms with Crippen molar-refractivity contribution in [2.75, 3.05) is 18.5 Å². The lowest BCUT2D eigenvalue weighted by Crippen LogP contribution is -2.33. The zero-order chi connectivity index (χ0) is 14.8. The monoisotopic (exact) mass is 295 g/mol. The molecule has 5 heteroatoms. The number of carbonyl (C=O) groups is 1. The molecule has 0 aromatic heterocycles. The summed E-state index contributed by atoms with van der Waals surface area (Å²) in [5, 5.41) is 0.544. The summed E-state index contributed by atoms with van der Waals surface area (Å²) in [7, 11) is 0. The van der Waals surface area contributed by atoms with Gasteiger partial charge in [0.05, 0.1) is 11.3 Å². The zero-order valence-electron chi connectivity index (χ0n) is 12.1. The second-order valence-electron chi connectivity index (χ2n) is 6.14. The summed E-state index contributed by atoms with van der Waals surface area (Å²) in [5.74, 6) is 5.48. The molecule has 110 valence electrons. The fourth-order valence-electron chi connectivity index (χ4n) is 2.62. The van der Waals surface area contributed by atoms with E-state index in [4.69, 9.17) is 17.4 Å². The van der Waals surface area contributed by atoms with Crippen molar-refractivity contribution in [1.29, 1.82) is 0 Å². The normalized spacial score (nSPS) is 18.5. The molecule has 1 amide bonds. The largest absolute Gasteiger partial charge is 0.339 e. The van der Waals surface area contributed by atoms with E-state index in [0.717, 1.165) is 32.4 Å². The Labute approximate surface area is 125 Å². The molecule has 0 atom stereocenters. The average molecular weight is 296 g/mol. The molecular weight excluding hydrogens is 274 g/mol. The van der Waals surface area contributed by atoms with Crippen LogP contribution in [0.5, 0.6) is 0 Å². The Morgan fingerprint density at radius 1 is 1.35 bits per heavy atom. The Morgan fingerprint density at radius 2 is 2.10 bits per heavy atom. The molecule has 1 heterocycles. The van der Waals surface area contributed by atoms with Crippen molar-refractivity contribution in [3.8, 4) is 0 Å². The number of nitrogens with zero attached hydrogens (tertiary/aromatic N) is 1. The molecule has 0 bridgehead atoms. The van der Waals surface area contributed by atoms with E-state index in [2.05, 4.69) is 19.3 Å². The zero-order valence-corrected chi connectivity index (χ0v) is 12.8. The van der Waals surface area contributed by atoms with Crippen molar-refractivity contribution >= 4 is 23.2 Å². The number of likely N-dealkylation sites (tertiary alicyclic amines) is 1. The van der Waals surface area contributed by atoms with Crippen LogP contribution in [0.1, 0.15) is 43.5 Å². The van der Waals surface area contributed by atoms with Gasteiger partial charge in [0.1, 0.15) is 0 Å². The SMILES string of the molecule is CC1(C)CCCN(C(=O)c2cc(Cl)ccc2NN)CC1. The quantitative estimate of drug-likeness (QED) is 0.650. The molecule has 0 spiro atoms. The lowest BCUT2D eigenvalue weighted by Gasteiger charge is -2.24. The molecule has 1 saturated heterocycles. The van der Waals surface area contributed by atoms with Crippen molar-refractivity contribution in [3.63, 3.8) is 0 Å². The Balaban J connectivity index is 2.21. The summed E-state index contributed by atoms with van der Waals surface area (Å²) >= 11 is 6.00. The van der Waals surface area contributed by atoms with Crippen LogP contribution in [0, 0.1) is 5.41 Å². The van der Waals surface area contributed by atoms with Gasteiger partial charge in [0.25, 0.3) is 5.91 Å². The van der Waals surface area contributed by atoms with E-state index in [1.165, 1.54) is 0 Å². The van der Waals surface area contributed by atoms with Crippen LogP contribution in [0.2, 0.25) is 5.02 Å². The van der Waals surface area contributed by atoms with Crippen LogP contribution in [-0.2, 0) is 0 Å². The van der Waals surface area contributed by atoms with Gasteiger partial charge in [-0.2, -0.15) is 0 Å². The highest BCUT2D eigenvalue weighted by atomic mass is 35.5. The number of hydrogen-bond donors (Lipinski definition) is 2. The van der Waals surface area contributed by atoms with Crippen LogP contribution >= 0.6 is 11.6 Å². The third-order valence-corrected chi connectivity index (χ3v) is 4.23. The molecule has 1 aliphatic rings. The minimum atomic E-state index is -0.00171. The second-order valence-corrected chi connectivity index (χ2v) is 6.58. The summed E-state index contributed by atoms with van der Waals surface area (Å²) in [6, 6.07) is 5.13. The van der Waals surface area contributed by atoms with E-state index < -0.39 is 0 Å². The van der Waals surface area contributed by atoms with Gasteiger partial charge in [-0.15, -0.1) is 0 Å². The first-order chi connectivity index (χ1) is 9.43. The number of amides is 1. The number of nitrogens with two attached hydrogens (primary N) is 1. The van der Waals surface area contributed by atoms with E-state index in [1.54, 1.807) is 18.2 Å². The number of benzene rings is 1. The van der Waals surface area contributed by atoms with E-state index in [0.29, 0.717) is 21.7 Å². The van der Waals surface area contributed by atoms with Gasteiger partial charge < -0.3 is 10.3 Å². The number of carbonyl (C=O) groups excluding carboxylic acids is 1. The van der Waals surface area contributed by atoms with Crippen LogP contribution in [0.4, 0.5) is 5.69 Å². The lowest BCUT2D eigenvalue weighted by atomic mass is 9.85. The molecule has 0 unspecified atom stereocenters. The third kappa shape index (κ3) is 3.44. The Bertz CT molecular complexity index is 502. The van der Waals surface area contributed by atoms with Crippen LogP contribution < -0.4 is 11.3 Å². The maximum Gasteiger partial charge on any atom is 0.256 e. The molecule has 0 saturated carbocycles. The topological polar surface area (TPSA) is 58.4 Å². The highest BCUT2D eigenvalue weighted by Crippen LogP contribution is 2.31. The van der Waals surface area contributed by atoms with E-state index in [9.17, 15) is 4.79 Å². The number of hydrazine groups is 1. The van der Waals surface area contributed by atoms with E-state index in [-0.39, 0.29) is 5.91 Å². The van der Waals surface area contributed by atoms with Gasteiger partial charge in [0, 0.05) is 18.1 Å². The molecule has 1 aromatic carbocycles. The molecule has 3 N–H and O–H groups in total. The highest BCUT2D eigenvalue weighted by molar-refractivity contribution is 6.31. The fraction of sp³-hybridized carbons (Fsp3) is 0.533. The molecule has 4 nitrogen and oxygen atoms in total. The van der Waals surface area contributed by atoms with Crippen molar-refractivity contribution in [3.05, 3.63) is 28.8 Å². The molecule has 1 fully saturated rings. The fourth-order valence-corrected chi connectivity index (χ4v) is 2.79. The van der Waals surface area contributed by atoms with Crippen LogP contribution in [-0.4, -0.2) is 23.9 Å². The summed E-state index contributed by atoms with van der Waals surface area (Å²) in [6.45, 7) is 6.08. The van der Waals surface area contributed by atoms with Crippen molar-refractivity contribution in [1.82, 2.24) is 4.90 Å². The van der Waals surface area contributed by atoms with Crippen molar-refractivity contribution in [2.45, 2.75) is 33.1 Å². The second kappa shape index (κ2) is 6.02. The minimum Gasteiger partial charge on any atom is -0.339 e. The summed E-state index contributed by atoms with van der Waals surface area (Å²) < 4.78 is 0. The smallest absolute Gasteiger partial charge is 0.256 e. The lowest BCUT2D eigenvalue weighted by molar-refractivity contribution is 0.0758. The average Bonchev–Trinajstić information content (AvgIpc) is 2.59. The van der Waals surface area contributed by atoms with Gasteiger partial charge in [-0.25, -0.2) is 0 Å². The third-order valence-electron chi connectivity index (χ3n) is 3.99. The van der Waals surface area contributed by atoms with E-state index in [1.807, 2.05) is 4.90 Å². The Hall–Kier alpha value is -1.26. The number of anilines is 1. The van der Waals surface area contributed by atoms with Gasteiger partial charge >= 0.3 is 0 Å². The first-order valence-electron chi connectivity index (χ1n) is 6.98. The van der Waals surface area contributed by atoms with Crippen LogP contribution in [0.25, 0.3) is 0 Å². The Morgan fingerprint density at radius 3 is 2.80 bits per heavy atom. The maximum absolute atomic E-state index is 12.7.